The zero-order chi connectivity index (χ0) is 20.6. The van der Waals surface area contributed by atoms with Gasteiger partial charge in [-0.1, -0.05) is 6.07 Å². The first-order valence-corrected chi connectivity index (χ1v) is 9.57. The van der Waals surface area contributed by atoms with Gasteiger partial charge in [-0.05, 0) is 43.0 Å². The second-order valence-corrected chi connectivity index (χ2v) is 6.85. The number of piperidine rings is 1. The number of methoxy groups -OCH3 is 2. The normalized spacial score (nSPS) is 14.2. The molecular formula is C21H26N4O4. The van der Waals surface area contributed by atoms with Crippen LogP contribution in [0.15, 0.2) is 42.7 Å². The largest absolute Gasteiger partial charge is 0.493 e. The van der Waals surface area contributed by atoms with Crippen LogP contribution in [0.5, 0.6) is 11.5 Å². The van der Waals surface area contributed by atoms with E-state index in [9.17, 15) is 9.59 Å². The van der Waals surface area contributed by atoms with Crippen molar-refractivity contribution in [1.29, 1.82) is 0 Å². The van der Waals surface area contributed by atoms with Gasteiger partial charge >= 0.3 is 6.03 Å². The van der Waals surface area contributed by atoms with Gasteiger partial charge in [0.15, 0.2) is 11.5 Å². The Balaban J connectivity index is 1.46. The molecule has 0 unspecified atom stereocenters. The van der Waals surface area contributed by atoms with Crippen molar-refractivity contribution < 1.29 is 19.1 Å². The van der Waals surface area contributed by atoms with Crippen molar-refractivity contribution in [2.24, 2.45) is 5.92 Å². The van der Waals surface area contributed by atoms with Crippen LogP contribution in [0.1, 0.15) is 23.2 Å². The molecule has 0 spiro atoms. The Morgan fingerprint density at radius 2 is 1.83 bits per heavy atom. The Kier molecular flexibility index (Phi) is 6.89. The molecule has 2 aromatic rings. The van der Waals surface area contributed by atoms with E-state index in [1.165, 1.54) is 7.11 Å². The number of aromatic nitrogens is 1. The summed E-state index contributed by atoms with van der Waals surface area (Å²) in [5.41, 5.74) is 1.20. The standard InChI is InChI=1S/C21H26N4O4/c1-28-18-5-3-4-17(19(18)29-2)24-21(27)23-14-15-8-12-25(13-9-15)20(26)16-6-10-22-11-7-16/h3-7,10-11,15H,8-9,12-14H2,1-2H3,(H2,23,24,27). The molecule has 1 aromatic heterocycles. The number of carbonyl (C=O) groups is 2. The van der Waals surface area contributed by atoms with Gasteiger partial charge in [-0.25, -0.2) is 4.79 Å². The molecular weight excluding hydrogens is 372 g/mol. The number of likely N-dealkylation sites (tertiary alicyclic amines) is 1. The summed E-state index contributed by atoms with van der Waals surface area (Å²) >= 11 is 0. The van der Waals surface area contributed by atoms with Crippen LogP contribution in [0.3, 0.4) is 0 Å². The first kappa shape index (κ1) is 20.4. The molecule has 1 fully saturated rings. The van der Waals surface area contributed by atoms with Gasteiger partial charge in [-0.3, -0.25) is 9.78 Å². The number of pyridine rings is 1. The van der Waals surface area contributed by atoms with E-state index in [1.54, 1.807) is 49.8 Å². The molecule has 0 bridgehead atoms. The number of urea groups is 1. The predicted molar refractivity (Wildman–Crippen MR) is 109 cm³/mol. The van der Waals surface area contributed by atoms with E-state index in [4.69, 9.17) is 9.47 Å². The van der Waals surface area contributed by atoms with E-state index < -0.39 is 0 Å². The van der Waals surface area contributed by atoms with E-state index in [0.29, 0.717) is 48.3 Å². The van der Waals surface area contributed by atoms with Gasteiger partial charge in [0.05, 0.1) is 19.9 Å². The zero-order valence-corrected chi connectivity index (χ0v) is 16.7. The van der Waals surface area contributed by atoms with Crippen molar-refractivity contribution in [3.63, 3.8) is 0 Å². The van der Waals surface area contributed by atoms with Crippen molar-refractivity contribution >= 4 is 17.6 Å². The Morgan fingerprint density at radius 1 is 1.10 bits per heavy atom. The van der Waals surface area contributed by atoms with Crippen molar-refractivity contribution in [2.45, 2.75) is 12.8 Å². The van der Waals surface area contributed by atoms with E-state index in [1.807, 2.05) is 4.90 Å². The fourth-order valence-corrected chi connectivity index (χ4v) is 3.41. The van der Waals surface area contributed by atoms with E-state index in [-0.39, 0.29) is 11.9 Å². The van der Waals surface area contributed by atoms with E-state index in [0.717, 1.165) is 12.8 Å². The molecule has 8 heteroatoms. The molecule has 0 saturated carbocycles. The van der Waals surface area contributed by atoms with Gasteiger partial charge in [0, 0.05) is 37.6 Å². The molecule has 29 heavy (non-hydrogen) atoms. The quantitative estimate of drug-likeness (QED) is 0.781. The second-order valence-electron chi connectivity index (χ2n) is 6.85. The minimum absolute atomic E-state index is 0.0293. The molecule has 1 aromatic carbocycles. The summed E-state index contributed by atoms with van der Waals surface area (Å²) in [6.07, 6.45) is 4.94. The van der Waals surface area contributed by atoms with Crippen molar-refractivity contribution in [3.8, 4) is 11.5 Å². The highest BCUT2D eigenvalue weighted by molar-refractivity contribution is 5.94. The summed E-state index contributed by atoms with van der Waals surface area (Å²) in [7, 11) is 3.08. The highest BCUT2D eigenvalue weighted by atomic mass is 16.5. The Morgan fingerprint density at radius 3 is 2.48 bits per heavy atom. The fourth-order valence-electron chi connectivity index (χ4n) is 3.41. The first-order chi connectivity index (χ1) is 14.1. The molecule has 0 radical (unpaired) electrons. The maximum atomic E-state index is 12.5. The SMILES string of the molecule is COc1cccc(NC(=O)NCC2CCN(C(=O)c3ccncc3)CC2)c1OC. The summed E-state index contributed by atoms with van der Waals surface area (Å²) in [5, 5.41) is 5.71. The lowest BCUT2D eigenvalue weighted by Gasteiger charge is -2.32. The first-order valence-electron chi connectivity index (χ1n) is 9.57. The van der Waals surface area contributed by atoms with Gasteiger partial charge in [-0.15, -0.1) is 0 Å². The number of nitrogens with one attached hydrogen (secondary N) is 2. The van der Waals surface area contributed by atoms with Crippen LogP contribution in [-0.4, -0.2) is 55.7 Å². The maximum absolute atomic E-state index is 12.5. The lowest BCUT2D eigenvalue weighted by atomic mass is 9.96. The third-order valence-corrected chi connectivity index (χ3v) is 5.03. The molecule has 8 nitrogen and oxygen atoms in total. The van der Waals surface area contributed by atoms with Crippen LogP contribution in [0, 0.1) is 5.92 Å². The zero-order valence-electron chi connectivity index (χ0n) is 16.7. The van der Waals surface area contributed by atoms with Gasteiger partial charge < -0.3 is 25.0 Å². The maximum Gasteiger partial charge on any atom is 0.319 e. The monoisotopic (exact) mass is 398 g/mol. The van der Waals surface area contributed by atoms with Gasteiger partial charge in [-0.2, -0.15) is 0 Å². The number of hydrogen-bond acceptors (Lipinski definition) is 5. The third kappa shape index (κ3) is 5.16. The average Bonchev–Trinajstić information content (AvgIpc) is 2.78. The molecule has 2 heterocycles. The number of carbonyl (C=O) groups excluding carboxylic acids is 2. The van der Waals surface area contributed by atoms with E-state index in [2.05, 4.69) is 15.6 Å². The molecule has 0 atom stereocenters. The Bertz CT molecular complexity index is 836. The summed E-state index contributed by atoms with van der Waals surface area (Å²) in [6.45, 7) is 1.91. The number of hydrogen-bond donors (Lipinski definition) is 2. The van der Waals surface area contributed by atoms with Crippen molar-refractivity contribution in [2.75, 3.05) is 39.2 Å². The summed E-state index contributed by atoms with van der Waals surface area (Å²) in [5.74, 6) is 1.39. The van der Waals surface area contributed by atoms with Crippen LogP contribution < -0.4 is 20.1 Å². The lowest BCUT2D eigenvalue weighted by molar-refractivity contribution is 0.0690. The topological polar surface area (TPSA) is 92.8 Å². The van der Waals surface area contributed by atoms with Gasteiger partial charge in [0.2, 0.25) is 0 Å². The highest BCUT2D eigenvalue weighted by Gasteiger charge is 2.24. The van der Waals surface area contributed by atoms with Crippen LogP contribution >= 0.6 is 0 Å². The molecule has 1 aliphatic rings. The lowest BCUT2D eigenvalue weighted by Crippen LogP contribution is -2.42. The number of nitrogens with zero attached hydrogens (tertiary/aromatic N) is 2. The Labute approximate surface area is 170 Å². The van der Waals surface area contributed by atoms with Crippen molar-refractivity contribution in [1.82, 2.24) is 15.2 Å². The molecule has 1 aliphatic heterocycles. The van der Waals surface area contributed by atoms with Crippen molar-refractivity contribution in [3.05, 3.63) is 48.3 Å². The molecule has 3 amide bonds. The highest BCUT2D eigenvalue weighted by Crippen LogP contribution is 2.34. The summed E-state index contributed by atoms with van der Waals surface area (Å²) in [6, 6.07) is 8.46. The number of para-hydroxylation sites is 1. The van der Waals surface area contributed by atoms with Gasteiger partial charge in [0.1, 0.15) is 0 Å². The van der Waals surface area contributed by atoms with Crippen LogP contribution in [0.2, 0.25) is 0 Å². The number of rotatable bonds is 6. The second kappa shape index (κ2) is 9.77. The minimum Gasteiger partial charge on any atom is -0.493 e. The third-order valence-electron chi connectivity index (χ3n) is 5.03. The number of benzene rings is 1. The molecule has 1 saturated heterocycles. The smallest absolute Gasteiger partial charge is 0.319 e. The summed E-state index contributed by atoms with van der Waals surface area (Å²) in [4.78, 5) is 30.6. The molecule has 154 valence electrons. The number of ether oxygens (including phenoxy) is 2. The number of amides is 3. The number of anilines is 1. The average molecular weight is 398 g/mol. The van der Waals surface area contributed by atoms with Gasteiger partial charge in [0.25, 0.3) is 5.91 Å². The minimum atomic E-state index is -0.299. The van der Waals surface area contributed by atoms with Crippen LogP contribution in [-0.2, 0) is 0 Å². The van der Waals surface area contributed by atoms with E-state index >= 15 is 0 Å². The molecule has 0 aliphatic carbocycles. The summed E-state index contributed by atoms with van der Waals surface area (Å²) < 4.78 is 10.6. The molecule has 2 N–H and O–H groups in total. The molecule has 3 rings (SSSR count). The Hall–Kier alpha value is -3.29. The fraction of sp³-hybridized carbons (Fsp3) is 0.381. The van der Waals surface area contributed by atoms with Crippen LogP contribution in [0.4, 0.5) is 10.5 Å². The van der Waals surface area contributed by atoms with Crippen LogP contribution in [0.25, 0.3) is 0 Å². The predicted octanol–water partition coefficient (Wildman–Crippen LogP) is 2.77.